The summed E-state index contributed by atoms with van der Waals surface area (Å²) in [5, 5.41) is 5.48. The van der Waals surface area contributed by atoms with Crippen LogP contribution in [0, 0.1) is 0 Å². The number of aldehydes is 1. The zero-order valence-corrected chi connectivity index (χ0v) is 15.7. The third kappa shape index (κ3) is 6.35. The van der Waals surface area contributed by atoms with E-state index in [1.807, 2.05) is 0 Å². The number of nitrogens with one attached hydrogen (secondary N) is 2. The number of aromatic nitrogens is 1. The van der Waals surface area contributed by atoms with Crippen LogP contribution < -0.4 is 15.4 Å². The summed E-state index contributed by atoms with van der Waals surface area (Å²) in [7, 11) is 1.64. The molecule has 2 aromatic rings. The summed E-state index contributed by atoms with van der Waals surface area (Å²) in [6.07, 6.45) is 0.913. The molecule has 0 aliphatic carbocycles. The Morgan fingerprint density at radius 2 is 2.00 bits per heavy atom. The molecule has 0 atom stereocenters. The van der Waals surface area contributed by atoms with Crippen LogP contribution in [0.5, 0.6) is 11.5 Å². The van der Waals surface area contributed by atoms with Gasteiger partial charge in [0.15, 0.2) is 0 Å². The molecule has 6 nitrogen and oxygen atoms in total. The van der Waals surface area contributed by atoms with Crippen LogP contribution in [0.3, 0.4) is 0 Å². The number of halogens is 4. The maximum absolute atomic E-state index is 12.6. The van der Waals surface area contributed by atoms with E-state index in [-0.39, 0.29) is 27.8 Å². The summed E-state index contributed by atoms with van der Waals surface area (Å²) in [6, 6.07) is 5.99. The third-order valence-electron chi connectivity index (χ3n) is 3.38. The Kier molecular flexibility index (Phi) is 7.38. The third-order valence-corrected chi connectivity index (χ3v) is 3.61. The largest absolute Gasteiger partial charge is 0.455 e. The van der Waals surface area contributed by atoms with Gasteiger partial charge in [0.2, 0.25) is 0 Å². The first-order chi connectivity index (χ1) is 13.7. The fourth-order valence-corrected chi connectivity index (χ4v) is 2.25. The van der Waals surface area contributed by atoms with Gasteiger partial charge in [-0.05, 0) is 36.5 Å². The normalized spacial score (nSPS) is 12.0. The van der Waals surface area contributed by atoms with Gasteiger partial charge in [-0.1, -0.05) is 11.6 Å². The van der Waals surface area contributed by atoms with Crippen molar-refractivity contribution in [1.82, 2.24) is 15.6 Å². The molecule has 1 aromatic carbocycles. The predicted molar refractivity (Wildman–Crippen MR) is 101 cm³/mol. The highest BCUT2D eigenvalue weighted by Gasteiger charge is 2.32. The molecule has 0 unspecified atom stereocenters. The van der Waals surface area contributed by atoms with Gasteiger partial charge in [0.25, 0.3) is 5.91 Å². The van der Waals surface area contributed by atoms with Crippen molar-refractivity contribution < 1.29 is 27.5 Å². The molecule has 0 fully saturated rings. The van der Waals surface area contributed by atoms with E-state index >= 15 is 0 Å². The Bertz CT molecular complexity index is 942. The average Bonchev–Trinajstić information content (AvgIpc) is 2.66. The van der Waals surface area contributed by atoms with Gasteiger partial charge >= 0.3 is 6.18 Å². The van der Waals surface area contributed by atoms with Gasteiger partial charge in [0, 0.05) is 29.9 Å². The first kappa shape index (κ1) is 22.0. The highest BCUT2D eigenvalue weighted by Crippen LogP contribution is 2.31. The van der Waals surface area contributed by atoms with Crippen molar-refractivity contribution >= 4 is 23.8 Å². The number of carbonyl (C=O) groups is 2. The van der Waals surface area contributed by atoms with E-state index < -0.39 is 17.8 Å². The summed E-state index contributed by atoms with van der Waals surface area (Å²) in [5.41, 5.74) is -0.825. The lowest BCUT2D eigenvalue weighted by Crippen LogP contribution is -2.23. The van der Waals surface area contributed by atoms with Crippen molar-refractivity contribution in [2.24, 2.45) is 0 Å². The van der Waals surface area contributed by atoms with Crippen molar-refractivity contribution in [1.29, 1.82) is 0 Å². The zero-order chi connectivity index (χ0) is 21.4. The number of benzene rings is 1. The lowest BCUT2D eigenvalue weighted by molar-refractivity contribution is -0.141. The highest BCUT2D eigenvalue weighted by molar-refractivity contribution is 6.30. The molecule has 29 heavy (non-hydrogen) atoms. The van der Waals surface area contributed by atoms with Gasteiger partial charge in [0.05, 0.1) is 11.8 Å². The molecule has 1 aromatic heterocycles. The molecule has 0 aliphatic rings. The second kappa shape index (κ2) is 9.74. The number of amides is 1. The topological polar surface area (TPSA) is 80.3 Å². The zero-order valence-electron chi connectivity index (χ0n) is 15.0. The average molecular weight is 426 g/mol. The Balaban J connectivity index is 2.29. The molecule has 0 spiro atoms. The second-order valence-corrected chi connectivity index (χ2v) is 5.89. The first-order valence-electron chi connectivity index (χ1n) is 8.06. The number of rotatable bonds is 7. The summed E-state index contributed by atoms with van der Waals surface area (Å²) >= 11 is 5.94. The minimum atomic E-state index is -4.58. The number of hydrogen-bond donors (Lipinski definition) is 2. The molecule has 10 heteroatoms. The smallest absolute Gasteiger partial charge is 0.433 e. The molecule has 0 aliphatic heterocycles. The lowest BCUT2D eigenvalue weighted by Gasteiger charge is -2.13. The summed E-state index contributed by atoms with van der Waals surface area (Å²) in [4.78, 5) is 26.6. The maximum atomic E-state index is 12.6. The number of ether oxygens (including phenoxy) is 1. The van der Waals surface area contributed by atoms with Crippen molar-refractivity contribution in [2.45, 2.75) is 6.18 Å². The second-order valence-electron chi connectivity index (χ2n) is 5.45. The number of carbonyl (C=O) groups excluding carboxylic acids is 2. The monoisotopic (exact) mass is 425 g/mol. The van der Waals surface area contributed by atoms with E-state index in [1.54, 1.807) is 7.05 Å². The number of nitrogens with zero attached hydrogens (tertiary/aromatic N) is 1. The fourth-order valence-electron chi connectivity index (χ4n) is 2.09. The molecule has 2 N–H and O–H groups in total. The molecule has 0 saturated heterocycles. The van der Waals surface area contributed by atoms with Gasteiger partial charge < -0.3 is 15.4 Å². The van der Waals surface area contributed by atoms with Crippen LogP contribution in [0.2, 0.25) is 5.02 Å². The lowest BCUT2D eigenvalue weighted by atomic mass is 10.1. The SMILES string of the molecule is CN/C=C\C(=C/C=O)NC(=O)c1ccc(Cl)cc1Oc1ccc(C(F)(F)F)nc1. The highest BCUT2D eigenvalue weighted by atomic mass is 35.5. The maximum Gasteiger partial charge on any atom is 0.433 e. The van der Waals surface area contributed by atoms with Gasteiger partial charge in [0.1, 0.15) is 23.5 Å². The number of pyridine rings is 1. The summed E-state index contributed by atoms with van der Waals surface area (Å²) in [5.74, 6) is -0.641. The molecular formula is C19H15ClF3N3O3. The Hall–Kier alpha value is -3.33. The van der Waals surface area contributed by atoms with Crippen LogP contribution in [0.25, 0.3) is 0 Å². The summed E-state index contributed by atoms with van der Waals surface area (Å²) in [6.45, 7) is 0. The van der Waals surface area contributed by atoms with E-state index in [4.69, 9.17) is 16.3 Å². The summed E-state index contributed by atoms with van der Waals surface area (Å²) < 4.78 is 43.4. The van der Waals surface area contributed by atoms with Crippen LogP contribution in [0.15, 0.2) is 60.6 Å². The van der Waals surface area contributed by atoms with Crippen molar-refractivity contribution in [3.05, 3.63) is 76.9 Å². The Morgan fingerprint density at radius 1 is 1.24 bits per heavy atom. The van der Waals surface area contributed by atoms with Crippen molar-refractivity contribution in [2.75, 3.05) is 7.05 Å². The van der Waals surface area contributed by atoms with E-state index in [9.17, 15) is 22.8 Å². The molecular weight excluding hydrogens is 411 g/mol. The van der Waals surface area contributed by atoms with Crippen LogP contribution in [0.4, 0.5) is 13.2 Å². The molecule has 0 bridgehead atoms. The van der Waals surface area contributed by atoms with E-state index in [0.29, 0.717) is 6.29 Å². The van der Waals surface area contributed by atoms with Gasteiger partial charge in [-0.3, -0.25) is 9.59 Å². The quantitative estimate of drug-likeness (QED) is 0.397. The van der Waals surface area contributed by atoms with E-state index in [2.05, 4.69) is 15.6 Å². The van der Waals surface area contributed by atoms with Crippen LogP contribution in [-0.4, -0.2) is 24.2 Å². The number of hydrogen-bond acceptors (Lipinski definition) is 5. The number of alkyl halides is 3. The molecule has 0 saturated carbocycles. The Morgan fingerprint density at radius 3 is 2.59 bits per heavy atom. The molecule has 2 rings (SSSR count). The van der Waals surface area contributed by atoms with Crippen LogP contribution in [-0.2, 0) is 11.0 Å². The van der Waals surface area contributed by atoms with Crippen molar-refractivity contribution in [3.63, 3.8) is 0 Å². The van der Waals surface area contributed by atoms with Crippen LogP contribution in [0.1, 0.15) is 16.1 Å². The minimum absolute atomic E-state index is 0.000363. The van der Waals surface area contributed by atoms with Crippen LogP contribution >= 0.6 is 11.6 Å². The van der Waals surface area contributed by atoms with E-state index in [1.165, 1.54) is 30.5 Å². The Labute approximate surface area is 169 Å². The fraction of sp³-hybridized carbons (Fsp3) is 0.105. The number of allylic oxidation sites excluding steroid dienone is 2. The van der Waals surface area contributed by atoms with Crippen molar-refractivity contribution in [3.8, 4) is 11.5 Å². The van der Waals surface area contributed by atoms with Gasteiger partial charge in [-0.2, -0.15) is 13.2 Å². The van der Waals surface area contributed by atoms with Gasteiger partial charge in [-0.15, -0.1) is 0 Å². The first-order valence-corrected chi connectivity index (χ1v) is 8.43. The van der Waals surface area contributed by atoms with Gasteiger partial charge in [-0.25, -0.2) is 4.98 Å². The predicted octanol–water partition coefficient (Wildman–Crippen LogP) is 4.09. The molecule has 1 heterocycles. The van der Waals surface area contributed by atoms with E-state index in [0.717, 1.165) is 24.4 Å². The standard InChI is InChI=1S/C19H15ClF3N3O3/c1-24-8-6-13(7-9-27)26-18(28)15-4-2-12(20)10-16(15)29-14-3-5-17(25-11-14)19(21,22)23/h2-11,24H,1H3,(H,26,28)/b8-6-,13-7+. The molecule has 0 radical (unpaired) electrons. The molecule has 1 amide bonds. The minimum Gasteiger partial charge on any atom is -0.455 e. The molecule has 152 valence electrons.